The fourth-order valence-electron chi connectivity index (χ4n) is 2.70. The van der Waals surface area contributed by atoms with Gasteiger partial charge in [0.1, 0.15) is 23.2 Å². The van der Waals surface area contributed by atoms with Crippen LogP contribution in [0, 0.1) is 19.7 Å². The van der Waals surface area contributed by atoms with Gasteiger partial charge in [0, 0.05) is 21.1 Å². The summed E-state index contributed by atoms with van der Waals surface area (Å²) in [6.07, 6.45) is -4.61. The molecule has 1 aromatic heterocycles. The summed E-state index contributed by atoms with van der Waals surface area (Å²) in [6.45, 7) is 3.02. The van der Waals surface area contributed by atoms with E-state index < -0.39 is 30.1 Å². The van der Waals surface area contributed by atoms with Crippen molar-refractivity contribution < 1.29 is 32.2 Å². The topological polar surface area (TPSA) is 62.2 Å². The Hall–Kier alpha value is -2.59. The summed E-state index contributed by atoms with van der Waals surface area (Å²) in [5.74, 6) is -1.29. The van der Waals surface area contributed by atoms with Gasteiger partial charge in [-0.05, 0) is 55.8 Å². The van der Waals surface area contributed by atoms with Crippen molar-refractivity contribution in [2.45, 2.75) is 30.7 Å². The van der Waals surface area contributed by atoms with Crippen molar-refractivity contribution in [2.24, 2.45) is 0 Å². The predicted octanol–water partition coefficient (Wildman–Crippen LogP) is 5.01. The van der Waals surface area contributed by atoms with Crippen LogP contribution in [0.1, 0.15) is 21.7 Å². The molecule has 0 saturated heterocycles. The van der Waals surface area contributed by atoms with E-state index in [-0.39, 0.29) is 5.56 Å². The number of benzene rings is 2. The van der Waals surface area contributed by atoms with Crippen LogP contribution in [0.15, 0.2) is 41.3 Å². The van der Waals surface area contributed by atoms with E-state index in [2.05, 4.69) is 4.98 Å². The number of carbonyl (C=O) groups excluding carboxylic acids is 1. The van der Waals surface area contributed by atoms with E-state index in [0.717, 1.165) is 27.5 Å². The maximum atomic E-state index is 14.3. The largest absolute Gasteiger partial charge is 0.546 e. The van der Waals surface area contributed by atoms with Gasteiger partial charge in [0.2, 0.25) is 0 Å². The summed E-state index contributed by atoms with van der Waals surface area (Å²) in [5, 5.41) is 10.8. The molecule has 2 aromatic carbocycles. The number of rotatable bonds is 7. The zero-order valence-corrected chi connectivity index (χ0v) is 18.0. The van der Waals surface area contributed by atoms with Gasteiger partial charge in [0.15, 0.2) is 0 Å². The number of carbonyl (C=O) groups is 1. The molecule has 0 aliphatic carbocycles. The molecule has 0 amide bonds. The summed E-state index contributed by atoms with van der Waals surface area (Å²) in [5.41, 5.74) is 0.431. The van der Waals surface area contributed by atoms with Gasteiger partial charge >= 0.3 is 6.18 Å². The Labute approximate surface area is 183 Å². The lowest BCUT2D eigenvalue weighted by Crippen LogP contribution is -2.29. The van der Waals surface area contributed by atoms with Gasteiger partial charge in [0.25, 0.3) is 0 Å². The summed E-state index contributed by atoms with van der Waals surface area (Å²) in [6, 6.07) is 7.73. The number of nitrogens with zero attached hydrogens (tertiary/aromatic N) is 1. The minimum absolute atomic E-state index is 0.0302. The van der Waals surface area contributed by atoms with Crippen molar-refractivity contribution in [3.63, 3.8) is 0 Å². The third kappa shape index (κ3) is 5.76. The van der Waals surface area contributed by atoms with E-state index in [1.54, 1.807) is 26.0 Å². The summed E-state index contributed by atoms with van der Waals surface area (Å²) in [7, 11) is 0. The second kappa shape index (κ2) is 9.27. The van der Waals surface area contributed by atoms with Crippen molar-refractivity contribution in [3.8, 4) is 16.3 Å². The van der Waals surface area contributed by atoms with E-state index in [9.17, 15) is 27.5 Å². The second-order valence-electron chi connectivity index (χ2n) is 6.60. The first-order chi connectivity index (χ1) is 14.5. The first-order valence-corrected chi connectivity index (χ1v) is 10.7. The molecule has 10 heteroatoms. The number of hydrogen-bond acceptors (Lipinski definition) is 6. The smallest absolute Gasteiger partial charge is 0.416 e. The molecule has 3 aromatic rings. The van der Waals surface area contributed by atoms with Gasteiger partial charge in [-0.15, -0.1) is 23.1 Å². The minimum Gasteiger partial charge on any atom is -0.546 e. The van der Waals surface area contributed by atoms with E-state index in [4.69, 9.17) is 4.74 Å². The Morgan fingerprint density at radius 3 is 2.55 bits per heavy atom. The van der Waals surface area contributed by atoms with Crippen molar-refractivity contribution in [1.29, 1.82) is 0 Å². The molecule has 1 heterocycles. The lowest BCUT2D eigenvalue weighted by atomic mass is 10.1. The highest BCUT2D eigenvalue weighted by molar-refractivity contribution is 7.98. The standard InChI is InChI=1S/C21H17F4NO3S2/c1-11-7-14(4-6-17(11)29-9-19(27)28)30-10-18-12(2)26-20(31-18)15-5-3-13(8-16(15)22)21(23,24)25/h3-8H,9-10H2,1-2H3,(H,27,28)/p-1. The Bertz CT molecular complexity index is 1110. The number of thiazole rings is 1. The van der Waals surface area contributed by atoms with E-state index in [1.165, 1.54) is 23.1 Å². The Morgan fingerprint density at radius 1 is 1.19 bits per heavy atom. The SMILES string of the molecule is Cc1cc(SCc2sc(-c3ccc(C(F)(F)F)cc3F)nc2C)ccc1OCC(=O)[O-]. The van der Waals surface area contributed by atoms with Crippen molar-refractivity contribution >= 4 is 29.1 Å². The molecule has 0 bridgehead atoms. The van der Waals surface area contributed by atoms with Crippen LogP contribution in [0.2, 0.25) is 0 Å². The molecule has 0 spiro atoms. The fraction of sp³-hybridized carbons (Fsp3) is 0.238. The number of aromatic nitrogens is 1. The van der Waals surface area contributed by atoms with Gasteiger partial charge in [-0.3, -0.25) is 0 Å². The normalized spacial score (nSPS) is 11.5. The summed E-state index contributed by atoms with van der Waals surface area (Å²) in [4.78, 5) is 16.6. The first kappa shape index (κ1) is 23.1. The minimum atomic E-state index is -4.61. The molecule has 0 aliphatic heterocycles. The van der Waals surface area contributed by atoms with Crippen LogP contribution in [0.3, 0.4) is 0 Å². The van der Waals surface area contributed by atoms with Crippen LogP contribution < -0.4 is 9.84 Å². The van der Waals surface area contributed by atoms with Gasteiger partial charge in [0.05, 0.1) is 17.2 Å². The van der Waals surface area contributed by atoms with Gasteiger partial charge < -0.3 is 14.6 Å². The van der Waals surface area contributed by atoms with E-state index in [0.29, 0.717) is 28.3 Å². The summed E-state index contributed by atoms with van der Waals surface area (Å²) >= 11 is 2.73. The number of alkyl halides is 3. The highest BCUT2D eigenvalue weighted by Crippen LogP contribution is 2.37. The molecule has 31 heavy (non-hydrogen) atoms. The van der Waals surface area contributed by atoms with Crippen LogP contribution >= 0.6 is 23.1 Å². The van der Waals surface area contributed by atoms with Crippen molar-refractivity contribution in [3.05, 3.63) is 63.9 Å². The lowest BCUT2D eigenvalue weighted by Gasteiger charge is -2.10. The van der Waals surface area contributed by atoms with E-state index >= 15 is 0 Å². The number of thioether (sulfide) groups is 1. The van der Waals surface area contributed by atoms with E-state index in [1.807, 2.05) is 6.07 Å². The summed E-state index contributed by atoms with van der Waals surface area (Å²) < 4.78 is 57.6. The third-order valence-electron chi connectivity index (χ3n) is 4.28. The fourth-order valence-corrected chi connectivity index (χ4v) is 4.93. The molecule has 0 radical (unpaired) electrons. The Morgan fingerprint density at radius 2 is 1.94 bits per heavy atom. The van der Waals surface area contributed by atoms with Crippen LogP contribution in [0.5, 0.6) is 5.75 Å². The average molecular weight is 470 g/mol. The highest BCUT2D eigenvalue weighted by atomic mass is 32.2. The molecule has 0 atom stereocenters. The average Bonchev–Trinajstić information content (AvgIpc) is 3.05. The lowest BCUT2D eigenvalue weighted by molar-refractivity contribution is -0.307. The van der Waals surface area contributed by atoms with Gasteiger partial charge in [-0.25, -0.2) is 9.37 Å². The van der Waals surface area contributed by atoms with Crippen LogP contribution in [0.4, 0.5) is 17.6 Å². The molecule has 4 nitrogen and oxygen atoms in total. The molecule has 0 aliphatic rings. The number of aliphatic carboxylic acids is 1. The highest BCUT2D eigenvalue weighted by Gasteiger charge is 2.31. The molecule has 0 saturated carbocycles. The van der Waals surface area contributed by atoms with Crippen LogP contribution in [-0.2, 0) is 16.7 Å². The number of carboxylic acids is 1. The molecule has 3 rings (SSSR count). The number of hydrogen-bond donors (Lipinski definition) is 0. The third-order valence-corrected chi connectivity index (χ3v) is 6.68. The molecule has 0 N–H and O–H groups in total. The Balaban J connectivity index is 1.72. The van der Waals surface area contributed by atoms with Crippen LogP contribution in [0.25, 0.3) is 10.6 Å². The zero-order chi connectivity index (χ0) is 22.8. The molecule has 0 fully saturated rings. The molecule has 0 unspecified atom stereocenters. The maximum Gasteiger partial charge on any atom is 0.416 e. The monoisotopic (exact) mass is 470 g/mol. The Kier molecular flexibility index (Phi) is 6.90. The van der Waals surface area contributed by atoms with Crippen molar-refractivity contribution in [2.75, 3.05) is 6.61 Å². The zero-order valence-electron chi connectivity index (χ0n) is 16.4. The molecule has 164 valence electrons. The molecular formula is C21H16F4NO3S2-. The number of carboxylic acid groups (broad SMARTS) is 1. The van der Waals surface area contributed by atoms with Gasteiger partial charge in [-0.1, -0.05) is 0 Å². The number of aryl methyl sites for hydroxylation is 2. The van der Waals surface area contributed by atoms with Crippen molar-refractivity contribution in [1.82, 2.24) is 4.98 Å². The van der Waals surface area contributed by atoms with Crippen LogP contribution in [-0.4, -0.2) is 17.6 Å². The number of halogens is 4. The first-order valence-electron chi connectivity index (χ1n) is 8.94. The quantitative estimate of drug-likeness (QED) is 0.359. The molecular weight excluding hydrogens is 454 g/mol. The maximum absolute atomic E-state index is 14.3. The second-order valence-corrected chi connectivity index (χ2v) is 8.73. The number of ether oxygens (including phenoxy) is 1. The van der Waals surface area contributed by atoms with Gasteiger partial charge in [-0.2, -0.15) is 13.2 Å². The predicted molar refractivity (Wildman–Crippen MR) is 108 cm³/mol.